The van der Waals surface area contributed by atoms with Gasteiger partial charge in [-0.15, -0.1) is 0 Å². The van der Waals surface area contributed by atoms with Crippen molar-refractivity contribution in [2.75, 3.05) is 0 Å². The SMILES string of the molecule is CCCC(O)(CCC)c1ccc(-c2cccc(OCc3ccc(CO)c(CO)c3)c2C)c(C)c1. The average Bonchev–Trinajstić information content (AvgIpc) is 2.83. The Morgan fingerprint density at radius 2 is 1.50 bits per heavy atom. The quantitative estimate of drug-likeness (QED) is 0.312. The van der Waals surface area contributed by atoms with Gasteiger partial charge in [-0.3, -0.25) is 0 Å². The summed E-state index contributed by atoms with van der Waals surface area (Å²) in [6.45, 7) is 8.57. The Hall–Kier alpha value is -2.66. The molecule has 0 bridgehead atoms. The first-order valence-electron chi connectivity index (χ1n) is 12.3. The Labute approximate surface area is 203 Å². The molecule has 0 aliphatic carbocycles. The molecule has 0 radical (unpaired) electrons. The first kappa shape index (κ1) is 26.0. The van der Waals surface area contributed by atoms with Crippen LogP contribution < -0.4 is 4.74 Å². The third-order valence-electron chi connectivity index (χ3n) is 6.67. The molecule has 0 heterocycles. The molecule has 0 aromatic heterocycles. The Morgan fingerprint density at radius 3 is 2.12 bits per heavy atom. The molecule has 3 aromatic rings. The molecule has 3 aromatic carbocycles. The third-order valence-corrected chi connectivity index (χ3v) is 6.67. The van der Waals surface area contributed by atoms with Gasteiger partial charge in [-0.25, -0.2) is 0 Å². The van der Waals surface area contributed by atoms with Crippen molar-refractivity contribution in [1.29, 1.82) is 0 Å². The molecule has 34 heavy (non-hydrogen) atoms. The van der Waals surface area contributed by atoms with Crippen LogP contribution in [0.5, 0.6) is 5.75 Å². The van der Waals surface area contributed by atoms with E-state index in [1.54, 1.807) is 0 Å². The number of hydrogen-bond donors (Lipinski definition) is 3. The molecule has 4 nitrogen and oxygen atoms in total. The topological polar surface area (TPSA) is 69.9 Å². The number of ether oxygens (including phenoxy) is 1. The lowest BCUT2D eigenvalue weighted by molar-refractivity contribution is 0.0169. The van der Waals surface area contributed by atoms with E-state index in [9.17, 15) is 15.3 Å². The van der Waals surface area contributed by atoms with E-state index in [0.29, 0.717) is 6.61 Å². The van der Waals surface area contributed by atoms with E-state index in [2.05, 4.69) is 52.0 Å². The predicted molar refractivity (Wildman–Crippen MR) is 138 cm³/mol. The maximum atomic E-state index is 11.3. The monoisotopic (exact) mass is 462 g/mol. The van der Waals surface area contributed by atoms with Gasteiger partial charge in [-0.05, 0) is 83.3 Å². The zero-order valence-corrected chi connectivity index (χ0v) is 20.9. The maximum absolute atomic E-state index is 11.3. The van der Waals surface area contributed by atoms with Crippen molar-refractivity contribution in [3.63, 3.8) is 0 Å². The van der Waals surface area contributed by atoms with Gasteiger partial charge in [0, 0.05) is 0 Å². The highest BCUT2D eigenvalue weighted by molar-refractivity contribution is 5.73. The molecule has 0 amide bonds. The first-order chi connectivity index (χ1) is 16.4. The molecule has 182 valence electrons. The van der Waals surface area contributed by atoms with Gasteiger partial charge in [0.05, 0.1) is 18.8 Å². The zero-order valence-electron chi connectivity index (χ0n) is 20.9. The highest BCUT2D eigenvalue weighted by Gasteiger charge is 2.27. The van der Waals surface area contributed by atoms with Crippen LogP contribution in [-0.2, 0) is 25.4 Å². The molecule has 0 fully saturated rings. The summed E-state index contributed by atoms with van der Waals surface area (Å²) in [4.78, 5) is 0. The van der Waals surface area contributed by atoms with E-state index in [1.807, 2.05) is 30.3 Å². The molecular formula is C30H38O4. The molecule has 0 saturated carbocycles. The Kier molecular flexibility index (Phi) is 8.90. The van der Waals surface area contributed by atoms with Crippen LogP contribution in [0, 0.1) is 13.8 Å². The third kappa shape index (κ3) is 5.69. The van der Waals surface area contributed by atoms with Crippen molar-refractivity contribution in [2.24, 2.45) is 0 Å². The number of benzene rings is 3. The predicted octanol–water partition coefficient (Wildman–Crippen LogP) is 6.32. The lowest BCUT2D eigenvalue weighted by atomic mass is 9.83. The molecule has 0 atom stereocenters. The second-order valence-electron chi connectivity index (χ2n) is 9.20. The van der Waals surface area contributed by atoms with Crippen LogP contribution in [0.4, 0.5) is 0 Å². The van der Waals surface area contributed by atoms with Crippen molar-refractivity contribution < 1.29 is 20.1 Å². The molecular weight excluding hydrogens is 424 g/mol. The fourth-order valence-corrected chi connectivity index (χ4v) is 4.79. The summed E-state index contributed by atoms with van der Waals surface area (Å²) < 4.78 is 6.16. The van der Waals surface area contributed by atoms with Crippen LogP contribution in [0.2, 0.25) is 0 Å². The van der Waals surface area contributed by atoms with Crippen LogP contribution in [0.25, 0.3) is 11.1 Å². The van der Waals surface area contributed by atoms with Gasteiger partial charge < -0.3 is 20.1 Å². The van der Waals surface area contributed by atoms with Crippen molar-refractivity contribution in [3.05, 3.63) is 88.0 Å². The van der Waals surface area contributed by atoms with Crippen LogP contribution in [0.1, 0.15) is 72.9 Å². The second-order valence-corrected chi connectivity index (χ2v) is 9.20. The van der Waals surface area contributed by atoms with E-state index in [1.165, 1.54) is 0 Å². The normalized spacial score (nSPS) is 11.6. The number of rotatable bonds is 11. The van der Waals surface area contributed by atoms with Crippen molar-refractivity contribution in [1.82, 2.24) is 0 Å². The Balaban J connectivity index is 1.86. The minimum Gasteiger partial charge on any atom is -0.489 e. The van der Waals surface area contributed by atoms with E-state index in [4.69, 9.17) is 4.74 Å². The molecule has 4 heteroatoms. The molecule has 0 aliphatic heterocycles. The highest BCUT2D eigenvalue weighted by atomic mass is 16.5. The summed E-state index contributed by atoms with van der Waals surface area (Å²) in [6.07, 6.45) is 3.41. The molecule has 0 saturated heterocycles. The highest BCUT2D eigenvalue weighted by Crippen LogP contribution is 2.37. The summed E-state index contributed by atoms with van der Waals surface area (Å²) >= 11 is 0. The van der Waals surface area contributed by atoms with Gasteiger partial charge in [-0.2, -0.15) is 0 Å². The minimum absolute atomic E-state index is 0.0926. The smallest absolute Gasteiger partial charge is 0.123 e. The summed E-state index contributed by atoms with van der Waals surface area (Å²) in [5, 5.41) is 30.2. The first-order valence-corrected chi connectivity index (χ1v) is 12.3. The minimum atomic E-state index is -0.772. The van der Waals surface area contributed by atoms with Gasteiger partial charge in [0.1, 0.15) is 12.4 Å². The molecule has 3 N–H and O–H groups in total. The number of aliphatic hydroxyl groups is 3. The fraction of sp³-hybridized carbons (Fsp3) is 0.400. The summed E-state index contributed by atoms with van der Waals surface area (Å²) in [5.41, 5.74) is 7.06. The van der Waals surface area contributed by atoms with Gasteiger partial charge in [-0.1, -0.05) is 69.2 Å². The Bertz CT molecular complexity index is 1100. The van der Waals surface area contributed by atoms with Crippen molar-refractivity contribution in [3.8, 4) is 16.9 Å². The maximum Gasteiger partial charge on any atom is 0.123 e. The molecule has 0 unspecified atom stereocenters. The van der Waals surface area contributed by atoms with Crippen LogP contribution in [0.3, 0.4) is 0 Å². The van der Waals surface area contributed by atoms with Crippen molar-refractivity contribution >= 4 is 0 Å². The molecule has 3 rings (SSSR count). The summed E-state index contributed by atoms with van der Waals surface area (Å²) in [7, 11) is 0. The number of hydrogen-bond acceptors (Lipinski definition) is 4. The van der Waals surface area contributed by atoms with Crippen molar-refractivity contribution in [2.45, 2.75) is 78.8 Å². The second kappa shape index (κ2) is 11.7. The van der Waals surface area contributed by atoms with E-state index in [-0.39, 0.29) is 13.2 Å². The lowest BCUT2D eigenvalue weighted by Crippen LogP contribution is -2.25. The molecule has 0 spiro atoms. The average molecular weight is 463 g/mol. The van der Waals surface area contributed by atoms with Crippen LogP contribution in [-0.4, -0.2) is 15.3 Å². The van der Waals surface area contributed by atoms with E-state index < -0.39 is 5.60 Å². The van der Waals surface area contributed by atoms with Gasteiger partial charge in [0.2, 0.25) is 0 Å². The number of aliphatic hydroxyl groups excluding tert-OH is 2. The largest absolute Gasteiger partial charge is 0.489 e. The Morgan fingerprint density at radius 1 is 0.794 bits per heavy atom. The van der Waals surface area contributed by atoms with Crippen LogP contribution in [0.15, 0.2) is 54.6 Å². The standard InChI is InChI=1S/C30H38O4/c1-5-14-30(33,15-6-2)26-12-13-27(21(3)16-26)28-8-7-9-29(22(28)4)34-20-23-10-11-24(18-31)25(17-23)19-32/h7-13,16-17,31-33H,5-6,14-15,18-20H2,1-4H3. The number of aryl methyl sites for hydroxylation is 1. The van der Waals surface area contributed by atoms with E-state index >= 15 is 0 Å². The summed E-state index contributed by atoms with van der Waals surface area (Å²) in [6, 6.07) is 18.0. The van der Waals surface area contributed by atoms with Gasteiger partial charge in [0.25, 0.3) is 0 Å². The summed E-state index contributed by atoms with van der Waals surface area (Å²) in [5.74, 6) is 0.811. The fourth-order valence-electron chi connectivity index (χ4n) is 4.79. The molecule has 0 aliphatic rings. The van der Waals surface area contributed by atoms with E-state index in [0.717, 1.165) is 75.9 Å². The van der Waals surface area contributed by atoms with Gasteiger partial charge >= 0.3 is 0 Å². The zero-order chi connectivity index (χ0) is 24.7. The lowest BCUT2D eigenvalue weighted by Gasteiger charge is -2.29. The van der Waals surface area contributed by atoms with Crippen LogP contribution >= 0.6 is 0 Å². The van der Waals surface area contributed by atoms with Gasteiger partial charge in [0.15, 0.2) is 0 Å².